The van der Waals surface area contributed by atoms with E-state index in [1.54, 1.807) is 25.1 Å². The number of nitrogens with zero attached hydrogens (tertiary/aromatic N) is 1. The van der Waals surface area contributed by atoms with Crippen molar-refractivity contribution in [2.45, 2.75) is 39.7 Å². The monoisotopic (exact) mass is 277 g/mol. The number of rotatable bonds is 6. The first-order valence-electron chi connectivity index (χ1n) is 7.22. The van der Waals surface area contributed by atoms with Gasteiger partial charge in [0.15, 0.2) is 0 Å². The van der Waals surface area contributed by atoms with Crippen LogP contribution in [0.4, 0.5) is 11.4 Å². The van der Waals surface area contributed by atoms with Crippen LogP contribution in [0, 0.1) is 5.92 Å². The third-order valence-corrected chi connectivity index (χ3v) is 3.56. The minimum absolute atomic E-state index is 0.0316. The van der Waals surface area contributed by atoms with E-state index in [1.807, 2.05) is 12.1 Å². The van der Waals surface area contributed by atoms with Crippen LogP contribution >= 0.6 is 0 Å². The summed E-state index contributed by atoms with van der Waals surface area (Å²) in [6, 6.07) is 5.80. The second kappa shape index (κ2) is 7.17. The van der Waals surface area contributed by atoms with Gasteiger partial charge in [-0.15, -0.1) is 0 Å². The van der Waals surface area contributed by atoms with Crippen molar-refractivity contribution in [1.82, 2.24) is 4.90 Å². The summed E-state index contributed by atoms with van der Waals surface area (Å²) in [5.41, 5.74) is 8.17. The topological polar surface area (TPSA) is 58.4 Å². The standard InChI is InChI=1S/C16H27N3O/c1-6-11(2)9-12(3)18-15-8-7-13(10-14(15)17)16(20)19(4)5/h7-8,10-12,18H,6,9,17H2,1-5H3. The summed E-state index contributed by atoms with van der Waals surface area (Å²) in [4.78, 5) is 13.4. The van der Waals surface area contributed by atoms with Crippen molar-refractivity contribution in [3.05, 3.63) is 23.8 Å². The number of nitrogens with two attached hydrogens (primary N) is 1. The van der Waals surface area contributed by atoms with Crippen LogP contribution in [0.5, 0.6) is 0 Å². The van der Waals surface area contributed by atoms with Crippen LogP contribution in [0.2, 0.25) is 0 Å². The van der Waals surface area contributed by atoms with Crippen molar-refractivity contribution in [1.29, 1.82) is 0 Å². The van der Waals surface area contributed by atoms with Crippen molar-refractivity contribution in [3.63, 3.8) is 0 Å². The summed E-state index contributed by atoms with van der Waals surface area (Å²) >= 11 is 0. The molecular formula is C16H27N3O. The van der Waals surface area contributed by atoms with Gasteiger partial charge in [0.05, 0.1) is 11.4 Å². The molecule has 112 valence electrons. The molecule has 0 aliphatic carbocycles. The summed E-state index contributed by atoms with van der Waals surface area (Å²) in [5.74, 6) is 0.657. The summed E-state index contributed by atoms with van der Waals surface area (Å²) in [7, 11) is 3.47. The van der Waals surface area contributed by atoms with Gasteiger partial charge in [-0.25, -0.2) is 0 Å². The molecule has 20 heavy (non-hydrogen) atoms. The molecule has 0 saturated heterocycles. The largest absolute Gasteiger partial charge is 0.397 e. The third-order valence-electron chi connectivity index (χ3n) is 3.56. The van der Waals surface area contributed by atoms with Gasteiger partial charge in [-0.1, -0.05) is 20.3 Å². The molecule has 4 heteroatoms. The van der Waals surface area contributed by atoms with Crippen LogP contribution in [0.3, 0.4) is 0 Å². The van der Waals surface area contributed by atoms with Crippen LogP contribution < -0.4 is 11.1 Å². The quantitative estimate of drug-likeness (QED) is 0.785. The first-order valence-corrected chi connectivity index (χ1v) is 7.22. The van der Waals surface area contributed by atoms with Gasteiger partial charge < -0.3 is 16.0 Å². The maximum atomic E-state index is 11.9. The molecule has 0 bridgehead atoms. The van der Waals surface area contributed by atoms with Gasteiger partial charge in [0.2, 0.25) is 0 Å². The number of hydrogen-bond donors (Lipinski definition) is 2. The summed E-state index contributed by atoms with van der Waals surface area (Å²) in [5, 5.41) is 3.42. The number of nitrogen functional groups attached to an aromatic ring is 1. The number of hydrogen-bond acceptors (Lipinski definition) is 3. The number of amides is 1. The Morgan fingerprint density at radius 2 is 2.00 bits per heavy atom. The maximum absolute atomic E-state index is 11.9. The van der Waals surface area contributed by atoms with E-state index in [-0.39, 0.29) is 5.91 Å². The Labute approximate surface area is 122 Å². The van der Waals surface area contributed by atoms with Crippen LogP contribution in [-0.4, -0.2) is 30.9 Å². The van der Waals surface area contributed by atoms with Crippen molar-refractivity contribution in [2.75, 3.05) is 25.1 Å². The highest BCUT2D eigenvalue weighted by Crippen LogP contribution is 2.23. The van der Waals surface area contributed by atoms with E-state index in [0.717, 1.165) is 12.1 Å². The number of anilines is 2. The van der Waals surface area contributed by atoms with Crippen molar-refractivity contribution >= 4 is 17.3 Å². The first-order chi connectivity index (χ1) is 9.35. The minimum atomic E-state index is -0.0316. The Morgan fingerprint density at radius 1 is 1.35 bits per heavy atom. The molecule has 0 aliphatic rings. The fourth-order valence-electron chi connectivity index (χ4n) is 2.18. The average molecular weight is 277 g/mol. The zero-order valence-corrected chi connectivity index (χ0v) is 13.2. The average Bonchev–Trinajstić information content (AvgIpc) is 2.39. The Bertz CT molecular complexity index is 457. The number of benzene rings is 1. The highest BCUT2D eigenvalue weighted by Gasteiger charge is 2.12. The number of carbonyl (C=O) groups is 1. The van der Waals surface area contributed by atoms with E-state index in [1.165, 1.54) is 6.42 Å². The van der Waals surface area contributed by atoms with Crippen molar-refractivity contribution in [3.8, 4) is 0 Å². The smallest absolute Gasteiger partial charge is 0.253 e. The van der Waals surface area contributed by atoms with Gasteiger partial charge in [0.25, 0.3) is 5.91 Å². The van der Waals surface area contributed by atoms with Gasteiger partial charge in [-0.2, -0.15) is 0 Å². The van der Waals surface area contributed by atoms with Gasteiger partial charge in [-0.05, 0) is 37.5 Å². The number of nitrogens with one attached hydrogen (secondary N) is 1. The summed E-state index contributed by atoms with van der Waals surface area (Å²) in [6.07, 6.45) is 2.28. The molecule has 1 amide bonds. The van der Waals surface area contributed by atoms with E-state index >= 15 is 0 Å². The molecule has 2 unspecified atom stereocenters. The maximum Gasteiger partial charge on any atom is 0.253 e. The fraction of sp³-hybridized carbons (Fsp3) is 0.562. The molecule has 2 atom stereocenters. The number of carbonyl (C=O) groups excluding carboxylic acids is 1. The molecule has 0 spiro atoms. The van der Waals surface area contributed by atoms with Crippen molar-refractivity contribution in [2.24, 2.45) is 5.92 Å². The molecule has 0 radical (unpaired) electrons. The summed E-state index contributed by atoms with van der Waals surface area (Å²) in [6.45, 7) is 6.61. The lowest BCUT2D eigenvalue weighted by atomic mass is 10.00. The molecule has 3 N–H and O–H groups in total. The SMILES string of the molecule is CCC(C)CC(C)Nc1ccc(C(=O)N(C)C)cc1N. The second-order valence-electron chi connectivity index (χ2n) is 5.80. The molecule has 4 nitrogen and oxygen atoms in total. The van der Waals surface area contributed by atoms with E-state index in [2.05, 4.69) is 26.1 Å². The third kappa shape index (κ3) is 4.44. The van der Waals surface area contributed by atoms with Crippen LogP contribution in [0.25, 0.3) is 0 Å². The summed E-state index contributed by atoms with van der Waals surface area (Å²) < 4.78 is 0. The van der Waals surface area contributed by atoms with E-state index in [0.29, 0.717) is 23.2 Å². The van der Waals surface area contributed by atoms with Crippen LogP contribution in [-0.2, 0) is 0 Å². The second-order valence-corrected chi connectivity index (χ2v) is 5.80. The fourth-order valence-corrected chi connectivity index (χ4v) is 2.18. The van der Waals surface area contributed by atoms with Gasteiger partial charge in [0, 0.05) is 25.7 Å². The Hall–Kier alpha value is -1.71. The normalized spacial score (nSPS) is 13.7. The minimum Gasteiger partial charge on any atom is -0.397 e. The lowest BCUT2D eigenvalue weighted by Gasteiger charge is -2.20. The Kier molecular flexibility index (Phi) is 5.86. The van der Waals surface area contributed by atoms with Gasteiger partial charge >= 0.3 is 0 Å². The van der Waals surface area contributed by atoms with E-state index < -0.39 is 0 Å². The van der Waals surface area contributed by atoms with Gasteiger partial charge in [0.1, 0.15) is 0 Å². The molecule has 1 aromatic carbocycles. The van der Waals surface area contributed by atoms with E-state index in [9.17, 15) is 4.79 Å². The lowest BCUT2D eigenvalue weighted by molar-refractivity contribution is 0.0827. The lowest BCUT2D eigenvalue weighted by Crippen LogP contribution is -2.22. The van der Waals surface area contributed by atoms with E-state index in [4.69, 9.17) is 5.73 Å². The molecule has 1 aromatic rings. The predicted octanol–water partition coefficient (Wildman–Crippen LogP) is 3.21. The van der Waals surface area contributed by atoms with Gasteiger partial charge in [-0.3, -0.25) is 4.79 Å². The molecule has 0 fully saturated rings. The predicted molar refractivity (Wildman–Crippen MR) is 86.0 cm³/mol. The molecular weight excluding hydrogens is 250 g/mol. The molecule has 0 heterocycles. The van der Waals surface area contributed by atoms with Crippen molar-refractivity contribution < 1.29 is 4.79 Å². The molecule has 0 aromatic heterocycles. The Balaban J connectivity index is 2.76. The highest BCUT2D eigenvalue weighted by molar-refractivity contribution is 5.95. The molecule has 0 aliphatic heterocycles. The zero-order chi connectivity index (χ0) is 15.3. The first kappa shape index (κ1) is 16.3. The van der Waals surface area contributed by atoms with Crippen LogP contribution in [0.15, 0.2) is 18.2 Å². The molecule has 1 rings (SSSR count). The van der Waals surface area contributed by atoms with Crippen LogP contribution in [0.1, 0.15) is 44.0 Å². The highest BCUT2D eigenvalue weighted by atomic mass is 16.2. The Morgan fingerprint density at radius 3 is 2.50 bits per heavy atom. The molecule has 0 saturated carbocycles. The zero-order valence-electron chi connectivity index (χ0n) is 13.2.